The topological polar surface area (TPSA) is 35.6 Å². The van der Waals surface area contributed by atoms with E-state index >= 15 is 0 Å². The number of hydrogen-bond acceptors (Lipinski definition) is 3. The number of nitrogens with zero attached hydrogens (tertiary/aromatic N) is 4. The highest BCUT2D eigenvalue weighted by Crippen LogP contribution is 2.47. The second-order valence-electron chi connectivity index (χ2n) is 12.9. The fourth-order valence-electron chi connectivity index (χ4n) is 8.20. The molecule has 0 saturated heterocycles. The van der Waals surface area contributed by atoms with Gasteiger partial charge < -0.3 is 4.57 Å². The molecule has 0 saturated carbocycles. The van der Waals surface area contributed by atoms with Crippen LogP contribution in [0.25, 0.3) is 91.9 Å². The van der Waals surface area contributed by atoms with E-state index in [0.717, 1.165) is 39.6 Å². The molecule has 49 heavy (non-hydrogen) atoms. The van der Waals surface area contributed by atoms with Crippen molar-refractivity contribution in [1.29, 1.82) is 0 Å². The highest BCUT2D eigenvalue weighted by atomic mass is 32.1. The largest absolute Gasteiger partial charge is 0.333 e. The lowest BCUT2D eigenvalue weighted by Crippen LogP contribution is -2.06. The maximum atomic E-state index is 5.44. The summed E-state index contributed by atoms with van der Waals surface area (Å²) >= 11 is 1.85. The summed E-state index contributed by atoms with van der Waals surface area (Å²) in [4.78, 5) is 10.8. The minimum atomic E-state index is 0.253. The molecule has 1 aliphatic carbocycles. The fraction of sp³-hybridized carbons (Fsp3) is 0.0455. The van der Waals surface area contributed by atoms with Crippen molar-refractivity contribution in [1.82, 2.24) is 19.1 Å². The second-order valence-corrected chi connectivity index (χ2v) is 14.0. The van der Waals surface area contributed by atoms with E-state index in [1.807, 2.05) is 11.3 Å². The van der Waals surface area contributed by atoms with E-state index in [4.69, 9.17) is 9.97 Å². The van der Waals surface area contributed by atoms with Crippen molar-refractivity contribution >= 4 is 86.0 Å². The standard InChI is InChI=1S/C44H28N4S/c1-3-13-27(14-4-1)42-29-17-7-10-20-33(29)45-44(46-42)48-36-25-24-35-39(30-18-8-11-21-34(30)47(35)28-15-5-2-6-16-28)40(36)32-23-26-38-41(43(32)48)31-19-9-12-22-37(31)49-38/h1-15,17-26,28H,16H2. The maximum absolute atomic E-state index is 5.44. The number of para-hydroxylation sites is 2. The van der Waals surface area contributed by atoms with E-state index in [0.29, 0.717) is 5.95 Å². The number of benzene rings is 6. The monoisotopic (exact) mass is 644 g/mol. The number of thiophene rings is 1. The lowest BCUT2D eigenvalue weighted by Gasteiger charge is -2.18. The summed E-state index contributed by atoms with van der Waals surface area (Å²) in [5, 5.41) is 8.57. The molecule has 5 heteroatoms. The Kier molecular flexibility index (Phi) is 5.63. The first-order valence-corrected chi connectivity index (χ1v) is 17.6. The zero-order valence-corrected chi connectivity index (χ0v) is 27.2. The molecule has 4 nitrogen and oxygen atoms in total. The molecule has 11 rings (SSSR count). The number of rotatable bonds is 3. The summed E-state index contributed by atoms with van der Waals surface area (Å²) in [6.07, 6.45) is 9.90. The van der Waals surface area contributed by atoms with Crippen molar-refractivity contribution in [3.8, 4) is 17.2 Å². The van der Waals surface area contributed by atoms with Gasteiger partial charge in [0, 0.05) is 58.2 Å². The van der Waals surface area contributed by atoms with E-state index < -0.39 is 0 Å². The Morgan fingerprint density at radius 1 is 0.551 bits per heavy atom. The van der Waals surface area contributed by atoms with Gasteiger partial charge >= 0.3 is 0 Å². The zero-order valence-electron chi connectivity index (χ0n) is 26.4. The molecule has 0 radical (unpaired) electrons. The van der Waals surface area contributed by atoms with E-state index in [-0.39, 0.29) is 6.04 Å². The predicted octanol–water partition coefficient (Wildman–Crippen LogP) is 11.9. The minimum absolute atomic E-state index is 0.253. The van der Waals surface area contributed by atoms with Crippen molar-refractivity contribution in [2.45, 2.75) is 12.5 Å². The number of allylic oxidation sites excluding steroid dienone is 4. The van der Waals surface area contributed by atoms with Crippen LogP contribution in [0.15, 0.2) is 152 Å². The molecule has 0 bridgehead atoms. The number of hydrogen-bond donors (Lipinski definition) is 0. The highest BCUT2D eigenvalue weighted by Gasteiger charge is 2.25. The molecule has 1 atom stereocenters. The van der Waals surface area contributed by atoms with Crippen LogP contribution in [-0.4, -0.2) is 19.1 Å². The number of aromatic nitrogens is 4. The van der Waals surface area contributed by atoms with Crippen molar-refractivity contribution in [2.75, 3.05) is 0 Å². The first kappa shape index (κ1) is 27.0. The Hall–Kier alpha value is -6.04. The molecule has 4 aromatic heterocycles. The Morgan fingerprint density at radius 3 is 2.18 bits per heavy atom. The normalized spacial score (nSPS) is 14.9. The van der Waals surface area contributed by atoms with Gasteiger partial charge in [0.15, 0.2) is 0 Å². The van der Waals surface area contributed by atoms with Crippen molar-refractivity contribution in [2.24, 2.45) is 0 Å². The third-order valence-electron chi connectivity index (χ3n) is 10.2. The van der Waals surface area contributed by atoms with Crippen LogP contribution in [0.4, 0.5) is 0 Å². The SMILES string of the molecule is C1=CCC(n2c3ccccc3c3c4c5ccc6sc7ccccc7c6c5n(-c5nc(-c6ccccc6)c6ccccc6n5)c4ccc32)C=C1. The van der Waals surface area contributed by atoms with Crippen LogP contribution in [0.1, 0.15) is 12.5 Å². The molecule has 1 aliphatic rings. The summed E-state index contributed by atoms with van der Waals surface area (Å²) < 4.78 is 7.43. The summed E-state index contributed by atoms with van der Waals surface area (Å²) in [6, 6.07) is 46.1. The van der Waals surface area contributed by atoms with Gasteiger partial charge in [0.25, 0.3) is 0 Å². The van der Waals surface area contributed by atoms with Crippen LogP contribution < -0.4 is 0 Å². The van der Waals surface area contributed by atoms with Gasteiger partial charge in [0.2, 0.25) is 5.95 Å². The molecule has 0 aliphatic heterocycles. The van der Waals surface area contributed by atoms with Gasteiger partial charge in [-0.3, -0.25) is 4.57 Å². The average Bonchev–Trinajstić information content (AvgIpc) is 3.82. The van der Waals surface area contributed by atoms with Crippen LogP contribution >= 0.6 is 11.3 Å². The molecule has 230 valence electrons. The van der Waals surface area contributed by atoms with E-state index in [1.165, 1.54) is 52.8 Å². The summed E-state index contributed by atoms with van der Waals surface area (Å²) in [6.45, 7) is 0. The van der Waals surface area contributed by atoms with Gasteiger partial charge in [0.1, 0.15) is 0 Å². The Bertz CT molecular complexity index is 3030. The maximum Gasteiger partial charge on any atom is 0.235 e. The minimum Gasteiger partial charge on any atom is -0.333 e. The summed E-state index contributed by atoms with van der Waals surface area (Å²) in [5.74, 6) is 0.684. The molecule has 4 heterocycles. The number of fused-ring (bicyclic) bond motifs is 12. The van der Waals surface area contributed by atoms with Crippen LogP contribution in [0.5, 0.6) is 0 Å². The molecule has 1 unspecified atom stereocenters. The fourth-order valence-corrected chi connectivity index (χ4v) is 9.30. The van der Waals surface area contributed by atoms with Crippen LogP contribution in [-0.2, 0) is 0 Å². The third-order valence-corrected chi connectivity index (χ3v) is 11.4. The molecule has 0 N–H and O–H groups in total. The second kappa shape index (κ2) is 10.2. The molecule has 6 aromatic carbocycles. The van der Waals surface area contributed by atoms with Crippen molar-refractivity contribution in [3.63, 3.8) is 0 Å². The highest BCUT2D eigenvalue weighted by molar-refractivity contribution is 7.26. The molecular formula is C44H28N4S. The van der Waals surface area contributed by atoms with Crippen LogP contribution in [0.2, 0.25) is 0 Å². The lowest BCUT2D eigenvalue weighted by molar-refractivity contribution is 0.648. The van der Waals surface area contributed by atoms with Gasteiger partial charge in [-0.25, -0.2) is 9.97 Å². The third kappa shape index (κ3) is 3.79. The summed E-state index contributed by atoms with van der Waals surface area (Å²) in [5.41, 5.74) is 7.72. The lowest BCUT2D eigenvalue weighted by atomic mass is 10.0. The molecular weight excluding hydrogens is 617 g/mol. The predicted molar refractivity (Wildman–Crippen MR) is 207 cm³/mol. The van der Waals surface area contributed by atoms with Gasteiger partial charge in [-0.15, -0.1) is 11.3 Å². The Labute approximate surface area is 285 Å². The van der Waals surface area contributed by atoms with E-state index in [2.05, 4.69) is 161 Å². The van der Waals surface area contributed by atoms with E-state index in [9.17, 15) is 0 Å². The van der Waals surface area contributed by atoms with Crippen molar-refractivity contribution < 1.29 is 0 Å². The van der Waals surface area contributed by atoms with Gasteiger partial charge in [-0.1, -0.05) is 115 Å². The van der Waals surface area contributed by atoms with Gasteiger partial charge in [-0.05, 0) is 42.8 Å². The Balaban J connectivity index is 1.36. The van der Waals surface area contributed by atoms with Gasteiger partial charge in [0.05, 0.1) is 33.8 Å². The molecule has 0 fully saturated rings. The van der Waals surface area contributed by atoms with Crippen molar-refractivity contribution in [3.05, 3.63) is 152 Å². The Morgan fingerprint density at radius 2 is 1.31 bits per heavy atom. The summed E-state index contributed by atoms with van der Waals surface area (Å²) in [7, 11) is 0. The molecule has 10 aromatic rings. The van der Waals surface area contributed by atoms with Crippen LogP contribution in [0.3, 0.4) is 0 Å². The average molecular weight is 645 g/mol. The first-order chi connectivity index (χ1) is 24.3. The van der Waals surface area contributed by atoms with Gasteiger partial charge in [-0.2, -0.15) is 0 Å². The smallest absolute Gasteiger partial charge is 0.235 e. The van der Waals surface area contributed by atoms with Crippen LogP contribution in [0, 0.1) is 0 Å². The van der Waals surface area contributed by atoms with E-state index in [1.54, 1.807) is 0 Å². The molecule has 0 spiro atoms. The quantitative estimate of drug-likeness (QED) is 0.192. The molecule has 0 amide bonds. The zero-order chi connectivity index (χ0) is 32.1. The first-order valence-electron chi connectivity index (χ1n) is 16.8.